The van der Waals surface area contributed by atoms with Crippen LogP contribution in [0, 0.1) is 6.92 Å². The van der Waals surface area contributed by atoms with Gasteiger partial charge in [-0.1, -0.05) is 84.6 Å². The van der Waals surface area contributed by atoms with Crippen LogP contribution in [0.5, 0.6) is 0 Å². The van der Waals surface area contributed by atoms with Crippen LogP contribution in [0.1, 0.15) is 55.2 Å². The molecule has 0 radical (unpaired) electrons. The maximum Gasteiger partial charge on any atom is 0.243 e. The molecule has 4 rings (SSSR count). The molecule has 1 aliphatic carbocycles. The van der Waals surface area contributed by atoms with Gasteiger partial charge in [0.2, 0.25) is 21.8 Å². The first-order chi connectivity index (χ1) is 20.1. The molecule has 7 nitrogen and oxygen atoms in total. The summed E-state index contributed by atoms with van der Waals surface area (Å²) in [7, 11) is -3.58. The van der Waals surface area contributed by atoms with Gasteiger partial charge in [-0.05, 0) is 61.6 Å². The Balaban J connectivity index is 1.57. The summed E-state index contributed by atoms with van der Waals surface area (Å²) in [5.41, 5.74) is 3.50. The number of anilines is 1. The van der Waals surface area contributed by atoms with Crippen molar-refractivity contribution in [2.75, 3.05) is 17.1 Å². The van der Waals surface area contributed by atoms with Gasteiger partial charge in [-0.3, -0.25) is 13.9 Å². The standard InChI is InChI=1S/C33H40ClN3O4S/c1-25-14-16-27(17-15-25)24-36(31(23-26-9-4-3-5-10-26)33(39)35-29-11-6-7-12-29)32(38)13-8-22-37(42(2,40)41)30-20-18-28(34)19-21-30/h3-5,9-10,14-21,29,31H,6-8,11-13,22-24H2,1-2H3,(H,35,39)/t31-/m0/s1. The van der Waals surface area contributed by atoms with Crippen LogP contribution in [-0.2, 0) is 32.6 Å². The van der Waals surface area contributed by atoms with Crippen LogP contribution in [0.25, 0.3) is 0 Å². The Kier molecular flexibility index (Phi) is 11.0. The molecule has 1 saturated carbocycles. The number of amides is 2. The van der Waals surface area contributed by atoms with E-state index in [2.05, 4.69) is 5.32 Å². The van der Waals surface area contributed by atoms with Crippen LogP contribution >= 0.6 is 11.6 Å². The summed E-state index contributed by atoms with van der Waals surface area (Å²) in [6, 6.07) is 23.7. The fourth-order valence-corrected chi connectivity index (χ4v) is 6.51. The molecule has 0 bridgehead atoms. The average Bonchev–Trinajstić information content (AvgIpc) is 3.47. The summed E-state index contributed by atoms with van der Waals surface area (Å²) in [6.45, 7) is 2.41. The van der Waals surface area contributed by atoms with Crippen molar-refractivity contribution in [1.29, 1.82) is 0 Å². The second kappa shape index (κ2) is 14.7. The third kappa shape index (κ3) is 9.07. The van der Waals surface area contributed by atoms with Crippen LogP contribution in [0.3, 0.4) is 0 Å². The van der Waals surface area contributed by atoms with Crippen molar-refractivity contribution in [3.63, 3.8) is 0 Å². The van der Waals surface area contributed by atoms with Gasteiger partial charge < -0.3 is 10.2 Å². The average molecular weight is 610 g/mol. The molecule has 9 heteroatoms. The maximum atomic E-state index is 14.0. The first kappa shape index (κ1) is 31.6. The molecule has 0 heterocycles. The zero-order chi connectivity index (χ0) is 30.1. The molecule has 1 atom stereocenters. The van der Waals surface area contributed by atoms with Gasteiger partial charge in [0.1, 0.15) is 6.04 Å². The van der Waals surface area contributed by atoms with Crippen molar-refractivity contribution in [2.24, 2.45) is 0 Å². The number of rotatable bonds is 13. The van der Waals surface area contributed by atoms with Gasteiger partial charge in [0.05, 0.1) is 11.9 Å². The zero-order valence-corrected chi connectivity index (χ0v) is 25.9. The molecule has 1 fully saturated rings. The third-order valence-electron chi connectivity index (χ3n) is 7.71. The molecule has 3 aromatic rings. The predicted molar refractivity (Wildman–Crippen MR) is 169 cm³/mol. The first-order valence-corrected chi connectivity index (χ1v) is 16.8. The number of carbonyl (C=O) groups excluding carboxylic acids is 2. The van der Waals surface area contributed by atoms with Crippen molar-refractivity contribution in [3.05, 3.63) is 101 Å². The van der Waals surface area contributed by atoms with E-state index in [9.17, 15) is 18.0 Å². The normalized spacial score (nSPS) is 14.4. The summed E-state index contributed by atoms with van der Waals surface area (Å²) in [5, 5.41) is 3.73. The van der Waals surface area contributed by atoms with E-state index in [1.54, 1.807) is 29.2 Å². The minimum atomic E-state index is -3.58. The van der Waals surface area contributed by atoms with Crippen molar-refractivity contribution in [1.82, 2.24) is 10.2 Å². The Labute approximate surface area is 254 Å². The van der Waals surface area contributed by atoms with E-state index in [-0.39, 0.29) is 37.4 Å². The number of carbonyl (C=O) groups is 2. The van der Waals surface area contributed by atoms with Gasteiger partial charge in [-0.15, -0.1) is 0 Å². The number of hydrogen-bond acceptors (Lipinski definition) is 4. The number of benzene rings is 3. The molecule has 0 aliphatic heterocycles. The number of nitrogens with zero attached hydrogens (tertiary/aromatic N) is 2. The molecular weight excluding hydrogens is 570 g/mol. The molecule has 1 N–H and O–H groups in total. The van der Waals surface area contributed by atoms with Crippen LogP contribution in [0.15, 0.2) is 78.9 Å². The van der Waals surface area contributed by atoms with Crippen molar-refractivity contribution in [2.45, 2.75) is 70.5 Å². The van der Waals surface area contributed by atoms with E-state index in [0.29, 0.717) is 23.6 Å². The lowest BCUT2D eigenvalue weighted by atomic mass is 10.0. The lowest BCUT2D eigenvalue weighted by Gasteiger charge is -2.33. The lowest BCUT2D eigenvalue weighted by Crippen LogP contribution is -2.52. The molecule has 0 aromatic heterocycles. The summed E-state index contributed by atoms with van der Waals surface area (Å²) in [4.78, 5) is 29.5. The SMILES string of the molecule is Cc1ccc(CN(C(=O)CCCN(c2ccc(Cl)cc2)S(C)(=O)=O)[C@@H](Cc2ccccc2)C(=O)NC2CCCC2)cc1. The minimum Gasteiger partial charge on any atom is -0.352 e. The predicted octanol–water partition coefficient (Wildman–Crippen LogP) is 5.89. The molecule has 3 aromatic carbocycles. The lowest BCUT2D eigenvalue weighted by molar-refractivity contribution is -0.141. The fraction of sp³-hybridized carbons (Fsp3) is 0.394. The smallest absolute Gasteiger partial charge is 0.243 e. The monoisotopic (exact) mass is 609 g/mol. The second-order valence-corrected chi connectivity index (χ2v) is 13.5. The topological polar surface area (TPSA) is 86.8 Å². The van der Waals surface area contributed by atoms with E-state index >= 15 is 0 Å². The zero-order valence-electron chi connectivity index (χ0n) is 24.3. The molecule has 224 valence electrons. The molecule has 2 amide bonds. The largest absolute Gasteiger partial charge is 0.352 e. The Morgan fingerprint density at radius 3 is 2.19 bits per heavy atom. The van der Waals surface area contributed by atoms with Crippen molar-refractivity contribution in [3.8, 4) is 0 Å². The minimum absolute atomic E-state index is 0.0907. The van der Waals surface area contributed by atoms with E-state index < -0.39 is 16.1 Å². The van der Waals surface area contributed by atoms with Gasteiger partial charge in [-0.2, -0.15) is 0 Å². The molecular formula is C33H40ClN3O4S. The maximum absolute atomic E-state index is 14.0. The van der Waals surface area contributed by atoms with Gasteiger partial charge in [0, 0.05) is 37.0 Å². The molecule has 1 aliphatic rings. The highest BCUT2D eigenvalue weighted by molar-refractivity contribution is 7.92. The first-order valence-electron chi connectivity index (χ1n) is 14.5. The van der Waals surface area contributed by atoms with Crippen LogP contribution in [-0.4, -0.2) is 50.0 Å². The Hall–Kier alpha value is -3.36. The van der Waals surface area contributed by atoms with Gasteiger partial charge in [0.15, 0.2) is 0 Å². The van der Waals surface area contributed by atoms with Crippen molar-refractivity contribution >= 4 is 39.1 Å². The van der Waals surface area contributed by atoms with E-state index in [1.165, 1.54) is 4.31 Å². The van der Waals surface area contributed by atoms with Crippen LogP contribution in [0.2, 0.25) is 5.02 Å². The Bertz CT molecular complexity index is 1420. The van der Waals surface area contributed by atoms with Gasteiger partial charge in [-0.25, -0.2) is 8.42 Å². The number of sulfonamides is 1. The molecule has 0 unspecified atom stereocenters. The second-order valence-electron chi connectivity index (χ2n) is 11.1. The quantitative estimate of drug-likeness (QED) is 0.262. The third-order valence-corrected chi connectivity index (χ3v) is 9.16. The Morgan fingerprint density at radius 1 is 0.929 bits per heavy atom. The van der Waals surface area contributed by atoms with Gasteiger partial charge >= 0.3 is 0 Å². The summed E-state index contributed by atoms with van der Waals surface area (Å²) < 4.78 is 26.5. The summed E-state index contributed by atoms with van der Waals surface area (Å²) in [5.74, 6) is -0.340. The fourth-order valence-electron chi connectivity index (χ4n) is 5.42. The number of halogens is 1. The Morgan fingerprint density at radius 2 is 1.57 bits per heavy atom. The van der Waals surface area contributed by atoms with Crippen LogP contribution < -0.4 is 9.62 Å². The highest BCUT2D eigenvalue weighted by Gasteiger charge is 2.32. The van der Waals surface area contributed by atoms with Gasteiger partial charge in [0.25, 0.3) is 0 Å². The van der Waals surface area contributed by atoms with E-state index in [4.69, 9.17) is 11.6 Å². The molecule has 42 heavy (non-hydrogen) atoms. The highest BCUT2D eigenvalue weighted by Crippen LogP contribution is 2.23. The molecule has 0 saturated heterocycles. The number of nitrogens with one attached hydrogen (secondary N) is 1. The summed E-state index contributed by atoms with van der Waals surface area (Å²) >= 11 is 6.00. The van der Waals surface area contributed by atoms with E-state index in [0.717, 1.165) is 48.6 Å². The van der Waals surface area contributed by atoms with Crippen molar-refractivity contribution < 1.29 is 18.0 Å². The highest BCUT2D eigenvalue weighted by atomic mass is 35.5. The van der Waals surface area contributed by atoms with E-state index in [1.807, 2.05) is 61.5 Å². The molecule has 0 spiro atoms. The number of aryl methyl sites for hydroxylation is 1. The van der Waals surface area contributed by atoms with Crippen LogP contribution in [0.4, 0.5) is 5.69 Å². The summed E-state index contributed by atoms with van der Waals surface area (Å²) in [6.07, 6.45) is 5.99. The number of hydrogen-bond donors (Lipinski definition) is 1.